The second-order valence-corrected chi connectivity index (χ2v) is 15.1. The third-order valence-corrected chi connectivity index (χ3v) is 10.5. The third-order valence-electron chi connectivity index (χ3n) is 10.5. The van der Waals surface area contributed by atoms with Gasteiger partial charge in [0, 0.05) is 39.5 Å². The molecule has 7 aromatic rings. The van der Waals surface area contributed by atoms with Crippen molar-refractivity contribution in [3.8, 4) is 11.1 Å². The highest BCUT2D eigenvalue weighted by Crippen LogP contribution is 2.51. The molecule has 0 saturated heterocycles. The van der Waals surface area contributed by atoms with Crippen LogP contribution in [0.25, 0.3) is 23.3 Å². The van der Waals surface area contributed by atoms with Gasteiger partial charge in [-0.15, -0.1) is 0 Å². The summed E-state index contributed by atoms with van der Waals surface area (Å²) in [6.07, 6.45) is 4.48. The monoisotopic (exact) mass is 686 g/mol. The molecule has 0 aromatic heterocycles. The average molecular weight is 687 g/mol. The zero-order valence-electron chi connectivity index (χ0n) is 31.6. The summed E-state index contributed by atoms with van der Waals surface area (Å²) in [5.74, 6) is 0. The molecule has 2 nitrogen and oxygen atoms in total. The molecule has 260 valence electrons. The first-order valence-corrected chi connectivity index (χ1v) is 18.6. The van der Waals surface area contributed by atoms with Crippen LogP contribution in [0, 0.1) is 27.7 Å². The van der Waals surface area contributed by atoms with Gasteiger partial charge in [0.1, 0.15) is 0 Å². The molecule has 1 aliphatic rings. The zero-order valence-corrected chi connectivity index (χ0v) is 31.6. The van der Waals surface area contributed by atoms with Crippen LogP contribution in [0.1, 0.15) is 58.4 Å². The minimum absolute atomic E-state index is 0.142. The van der Waals surface area contributed by atoms with Crippen molar-refractivity contribution in [3.05, 3.63) is 202 Å². The summed E-state index contributed by atoms with van der Waals surface area (Å²) in [4.78, 5) is 4.72. The minimum Gasteiger partial charge on any atom is -0.310 e. The highest BCUT2D eigenvalue weighted by atomic mass is 15.1. The standard InChI is InChI=1S/C51H46N2/c1-35-27-36(2)30-45(29-35)53(46-31-37(3)28-38(4)32-46)43-22-19-39(20-23-43)17-18-40-21-25-47-48-26-24-44(34-50(48)51(5,6)49(47)33-40)52(41-13-9-7-10-14-41)42-15-11-8-12-16-42/h7-34H,1-6H3/b18-17+. The van der Waals surface area contributed by atoms with E-state index in [2.05, 4.69) is 221 Å². The minimum atomic E-state index is -0.142. The van der Waals surface area contributed by atoms with Crippen LogP contribution in [0.4, 0.5) is 34.1 Å². The molecule has 0 bridgehead atoms. The van der Waals surface area contributed by atoms with Crippen molar-refractivity contribution in [2.45, 2.75) is 47.0 Å². The molecule has 0 aliphatic heterocycles. The van der Waals surface area contributed by atoms with Crippen molar-refractivity contribution in [2.75, 3.05) is 9.80 Å². The van der Waals surface area contributed by atoms with Crippen molar-refractivity contribution < 1.29 is 0 Å². The second kappa shape index (κ2) is 13.8. The molecule has 0 saturated carbocycles. The molecule has 7 aromatic carbocycles. The van der Waals surface area contributed by atoms with E-state index in [0.29, 0.717) is 0 Å². The quantitative estimate of drug-likeness (QED) is 0.147. The number of fused-ring (bicyclic) bond motifs is 3. The van der Waals surface area contributed by atoms with Gasteiger partial charge in [-0.3, -0.25) is 0 Å². The highest BCUT2D eigenvalue weighted by Gasteiger charge is 2.36. The second-order valence-electron chi connectivity index (χ2n) is 15.1. The van der Waals surface area contributed by atoms with E-state index in [1.807, 2.05) is 0 Å². The van der Waals surface area contributed by atoms with E-state index in [1.165, 1.54) is 72.7 Å². The number of hydrogen-bond donors (Lipinski definition) is 0. The number of hydrogen-bond acceptors (Lipinski definition) is 2. The van der Waals surface area contributed by atoms with E-state index in [1.54, 1.807) is 0 Å². The van der Waals surface area contributed by atoms with Crippen LogP contribution in [0.2, 0.25) is 0 Å². The van der Waals surface area contributed by atoms with Gasteiger partial charge in [-0.25, -0.2) is 0 Å². The Morgan fingerprint density at radius 2 is 0.755 bits per heavy atom. The molecular formula is C51H46N2. The van der Waals surface area contributed by atoms with Crippen LogP contribution < -0.4 is 9.80 Å². The lowest BCUT2D eigenvalue weighted by atomic mass is 9.81. The fourth-order valence-corrected chi connectivity index (χ4v) is 8.12. The first kappa shape index (κ1) is 34.0. The SMILES string of the molecule is Cc1cc(C)cc(N(c2ccc(/C=C/c3ccc4c(c3)C(C)(C)c3cc(N(c5ccccc5)c5ccccc5)ccc3-4)cc2)c2cc(C)cc(C)c2)c1. The number of aryl methyl sites for hydroxylation is 4. The van der Waals surface area contributed by atoms with Gasteiger partial charge in [0.15, 0.2) is 0 Å². The lowest BCUT2D eigenvalue weighted by Gasteiger charge is -2.28. The molecule has 0 heterocycles. The number of para-hydroxylation sites is 2. The Morgan fingerprint density at radius 3 is 1.28 bits per heavy atom. The molecule has 0 fully saturated rings. The predicted octanol–water partition coefficient (Wildman–Crippen LogP) is 14.3. The summed E-state index contributed by atoms with van der Waals surface area (Å²) in [5, 5.41) is 0. The van der Waals surface area contributed by atoms with E-state index in [0.717, 1.165) is 17.1 Å². The van der Waals surface area contributed by atoms with Gasteiger partial charge in [-0.2, -0.15) is 0 Å². The fourth-order valence-electron chi connectivity index (χ4n) is 8.12. The maximum Gasteiger partial charge on any atom is 0.0466 e. The fraction of sp³-hybridized carbons (Fsp3) is 0.137. The molecule has 0 unspecified atom stereocenters. The Hall–Kier alpha value is -6.12. The van der Waals surface area contributed by atoms with Crippen molar-refractivity contribution in [1.82, 2.24) is 0 Å². The number of rotatable bonds is 8. The van der Waals surface area contributed by atoms with E-state index in [4.69, 9.17) is 0 Å². The van der Waals surface area contributed by atoms with Crippen LogP contribution in [0.3, 0.4) is 0 Å². The van der Waals surface area contributed by atoms with Crippen molar-refractivity contribution in [1.29, 1.82) is 0 Å². The van der Waals surface area contributed by atoms with Crippen molar-refractivity contribution in [2.24, 2.45) is 0 Å². The molecule has 8 rings (SSSR count). The average Bonchev–Trinajstić information content (AvgIpc) is 3.36. The van der Waals surface area contributed by atoms with Gasteiger partial charge in [0.2, 0.25) is 0 Å². The highest BCUT2D eigenvalue weighted by molar-refractivity contribution is 5.87. The topological polar surface area (TPSA) is 6.48 Å². The van der Waals surface area contributed by atoms with Crippen LogP contribution in [0.15, 0.2) is 158 Å². The van der Waals surface area contributed by atoms with Crippen LogP contribution in [-0.2, 0) is 5.41 Å². The maximum absolute atomic E-state index is 2.39. The van der Waals surface area contributed by atoms with E-state index in [9.17, 15) is 0 Å². The molecule has 0 spiro atoms. The molecule has 53 heavy (non-hydrogen) atoms. The number of benzene rings is 7. The van der Waals surface area contributed by atoms with Gasteiger partial charge < -0.3 is 9.80 Å². The summed E-state index contributed by atoms with van der Waals surface area (Å²) < 4.78 is 0. The zero-order chi connectivity index (χ0) is 36.7. The summed E-state index contributed by atoms with van der Waals surface area (Å²) in [6, 6.07) is 57.7. The smallest absolute Gasteiger partial charge is 0.0466 e. The van der Waals surface area contributed by atoms with Gasteiger partial charge in [0.05, 0.1) is 0 Å². The van der Waals surface area contributed by atoms with Gasteiger partial charge in [-0.1, -0.05) is 111 Å². The summed E-state index contributed by atoms with van der Waals surface area (Å²) in [7, 11) is 0. The number of nitrogens with zero attached hydrogens (tertiary/aromatic N) is 2. The van der Waals surface area contributed by atoms with Crippen molar-refractivity contribution in [3.63, 3.8) is 0 Å². The lowest BCUT2D eigenvalue weighted by Crippen LogP contribution is -2.16. The molecule has 0 amide bonds. The van der Waals surface area contributed by atoms with Crippen LogP contribution in [-0.4, -0.2) is 0 Å². The molecule has 0 radical (unpaired) electrons. The van der Waals surface area contributed by atoms with E-state index in [-0.39, 0.29) is 5.41 Å². The summed E-state index contributed by atoms with van der Waals surface area (Å²) >= 11 is 0. The lowest BCUT2D eigenvalue weighted by molar-refractivity contribution is 0.660. The largest absolute Gasteiger partial charge is 0.310 e. The van der Waals surface area contributed by atoms with Gasteiger partial charge in [-0.05, 0) is 156 Å². The molecular weight excluding hydrogens is 641 g/mol. The van der Waals surface area contributed by atoms with E-state index >= 15 is 0 Å². The molecule has 2 heteroatoms. The normalized spacial score (nSPS) is 12.8. The maximum atomic E-state index is 2.39. The molecule has 1 aliphatic carbocycles. The summed E-state index contributed by atoms with van der Waals surface area (Å²) in [5.41, 5.74) is 19.6. The molecule has 0 atom stereocenters. The first-order valence-electron chi connectivity index (χ1n) is 18.6. The van der Waals surface area contributed by atoms with E-state index < -0.39 is 0 Å². The van der Waals surface area contributed by atoms with Crippen LogP contribution >= 0.6 is 0 Å². The van der Waals surface area contributed by atoms with Gasteiger partial charge >= 0.3 is 0 Å². The molecule has 0 N–H and O–H groups in total. The Morgan fingerprint density at radius 1 is 0.358 bits per heavy atom. The Bertz CT molecular complexity index is 2320. The van der Waals surface area contributed by atoms with Gasteiger partial charge in [0.25, 0.3) is 0 Å². The predicted molar refractivity (Wildman–Crippen MR) is 228 cm³/mol. The Labute approximate surface area is 315 Å². The van der Waals surface area contributed by atoms with Crippen molar-refractivity contribution >= 4 is 46.3 Å². The Kier molecular flexibility index (Phi) is 8.84. The summed E-state index contributed by atoms with van der Waals surface area (Å²) in [6.45, 7) is 13.4. The number of anilines is 6. The first-order chi connectivity index (χ1) is 25.6. The van der Waals surface area contributed by atoms with Crippen LogP contribution in [0.5, 0.6) is 0 Å². The third kappa shape index (κ3) is 6.69. The Balaban J connectivity index is 1.08.